The largest absolute Gasteiger partial charge is 0.339 e. The van der Waals surface area contributed by atoms with Gasteiger partial charge < -0.3 is 10.2 Å². The summed E-state index contributed by atoms with van der Waals surface area (Å²) in [5.74, 6) is 1.61. The van der Waals surface area contributed by atoms with Gasteiger partial charge in [-0.3, -0.25) is 4.79 Å². The van der Waals surface area contributed by atoms with Gasteiger partial charge in [-0.2, -0.15) is 0 Å². The number of carbonyl (C=O) groups is 1. The quantitative estimate of drug-likeness (QED) is 0.734. The molecule has 0 aromatic heterocycles. The molecule has 4 unspecified atom stereocenters. The minimum atomic E-state index is 0.0795. The van der Waals surface area contributed by atoms with Crippen molar-refractivity contribution in [1.29, 1.82) is 0 Å². The Morgan fingerprint density at radius 3 is 2.56 bits per heavy atom. The van der Waals surface area contributed by atoms with E-state index in [1.807, 2.05) is 0 Å². The van der Waals surface area contributed by atoms with Crippen LogP contribution < -0.4 is 5.32 Å². The molecule has 0 aliphatic carbocycles. The lowest BCUT2D eigenvalue weighted by atomic mass is 9.92. The molecule has 1 amide bonds. The van der Waals surface area contributed by atoms with E-state index in [2.05, 4.69) is 31.0 Å². The topological polar surface area (TPSA) is 32.3 Å². The second-order valence-electron chi connectivity index (χ2n) is 5.71. The van der Waals surface area contributed by atoms with E-state index in [0.29, 0.717) is 17.9 Å². The molecule has 3 heteroatoms. The summed E-state index contributed by atoms with van der Waals surface area (Å²) in [7, 11) is 0. The third kappa shape index (κ3) is 2.24. The maximum Gasteiger partial charge on any atom is 0.240 e. The Hall–Kier alpha value is -0.570. The van der Waals surface area contributed by atoms with Crippen molar-refractivity contribution in [3.05, 3.63) is 0 Å². The number of rotatable bonds is 1. The first-order chi connectivity index (χ1) is 7.59. The molecule has 92 valence electrons. The lowest BCUT2D eigenvalue weighted by Crippen LogP contribution is -2.52. The van der Waals surface area contributed by atoms with E-state index in [1.54, 1.807) is 0 Å². The van der Waals surface area contributed by atoms with Crippen LogP contribution in [0, 0.1) is 11.8 Å². The van der Waals surface area contributed by atoms with Gasteiger partial charge in [0.1, 0.15) is 0 Å². The number of likely N-dealkylation sites (tertiary alicyclic amines) is 1. The minimum absolute atomic E-state index is 0.0795. The number of piperidine rings is 1. The number of nitrogens with zero attached hydrogens (tertiary/aromatic N) is 1. The molecule has 2 aliphatic heterocycles. The van der Waals surface area contributed by atoms with Crippen LogP contribution in [0.4, 0.5) is 0 Å². The van der Waals surface area contributed by atoms with Crippen molar-refractivity contribution < 1.29 is 4.79 Å². The monoisotopic (exact) mass is 224 g/mol. The van der Waals surface area contributed by atoms with Crippen LogP contribution in [-0.2, 0) is 4.79 Å². The Morgan fingerprint density at radius 2 is 2.00 bits per heavy atom. The van der Waals surface area contributed by atoms with Gasteiger partial charge in [0, 0.05) is 12.6 Å². The van der Waals surface area contributed by atoms with Crippen molar-refractivity contribution in [2.45, 2.75) is 52.1 Å². The number of carbonyl (C=O) groups excluding carboxylic acids is 1. The highest BCUT2D eigenvalue weighted by Gasteiger charge is 2.35. The predicted molar refractivity (Wildman–Crippen MR) is 65.1 cm³/mol. The molecule has 0 aromatic carbocycles. The van der Waals surface area contributed by atoms with Crippen LogP contribution in [0.2, 0.25) is 0 Å². The van der Waals surface area contributed by atoms with Gasteiger partial charge in [-0.1, -0.05) is 13.8 Å². The molecule has 2 rings (SSSR count). The highest BCUT2D eigenvalue weighted by molar-refractivity contribution is 5.83. The summed E-state index contributed by atoms with van der Waals surface area (Å²) in [6, 6.07) is 0.502. The molecular weight excluding hydrogens is 200 g/mol. The first-order valence-electron chi connectivity index (χ1n) is 6.63. The van der Waals surface area contributed by atoms with Crippen molar-refractivity contribution in [2.75, 3.05) is 13.1 Å². The second kappa shape index (κ2) is 4.74. The molecule has 2 heterocycles. The highest BCUT2D eigenvalue weighted by Crippen LogP contribution is 2.25. The zero-order chi connectivity index (χ0) is 11.7. The SMILES string of the molecule is CC1CCN(C(=O)C2NCCC2C)C(C)C1. The molecule has 0 spiro atoms. The van der Waals surface area contributed by atoms with Crippen molar-refractivity contribution >= 4 is 5.91 Å². The molecule has 4 atom stereocenters. The summed E-state index contributed by atoms with van der Waals surface area (Å²) < 4.78 is 0. The Labute approximate surface area is 98.6 Å². The Bertz CT molecular complexity index is 267. The van der Waals surface area contributed by atoms with E-state index >= 15 is 0 Å². The number of hydrogen-bond donors (Lipinski definition) is 1. The molecule has 0 saturated carbocycles. The maximum atomic E-state index is 12.4. The van der Waals surface area contributed by atoms with Gasteiger partial charge in [0.25, 0.3) is 0 Å². The van der Waals surface area contributed by atoms with Gasteiger partial charge in [-0.05, 0) is 44.6 Å². The van der Waals surface area contributed by atoms with Crippen LogP contribution in [0.5, 0.6) is 0 Å². The molecular formula is C13H24N2O. The summed E-state index contributed by atoms with van der Waals surface area (Å²) in [4.78, 5) is 14.5. The number of nitrogens with one attached hydrogen (secondary N) is 1. The molecule has 2 aliphatic rings. The van der Waals surface area contributed by atoms with Crippen LogP contribution in [0.1, 0.15) is 40.0 Å². The Kier molecular flexibility index (Phi) is 3.53. The molecule has 0 aromatic rings. The Morgan fingerprint density at radius 1 is 1.25 bits per heavy atom. The molecule has 16 heavy (non-hydrogen) atoms. The third-order valence-electron chi connectivity index (χ3n) is 4.22. The summed E-state index contributed by atoms with van der Waals surface area (Å²) in [6.45, 7) is 8.60. The van der Waals surface area contributed by atoms with Crippen LogP contribution in [0.25, 0.3) is 0 Å². The van der Waals surface area contributed by atoms with E-state index in [9.17, 15) is 4.79 Å². The first-order valence-corrected chi connectivity index (χ1v) is 6.63. The van der Waals surface area contributed by atoms with Crippen molar-refractivity contribution in [2.24, 2.45) is 11.8 Å². The zero-order valence-electron chi connectivity index (χ0n) is 10.7. The third-order valence-corrected chi connectivity index (χ3v) is 4.22. The van der Waals surface area contributed by atoms with Crippen LogP contribution in [0.3, 0.4) is 0 Å². The fraction of sp³-hybridized carbons (Fsp3) is 0.923. The zero-order valence-corrected chi connectivity index (χ0v) is 10.7. The molecule has 0 bridgehead atoms. The molecule has 2 fully saturated rings. The fourth-order valence-corrected chi connectivity index (χ4v) is 3.08. The normalized spacial score (nSPS) is 40.1. The summed E-state index contributed by atoms with van der Waals surface area (Å²) >= 11 is 0. The molecule has 0 radical (unpaired) electrons. The lowest BCUT2D eigenvalue weighted by molar-refractivity contribution is -0.137. The van der Waals surface area contributed by atoms with Gasteiger partial charge in [0.05, 0.1) is 6.04 Å². The van der Waals surface area contributed by atoms with E-state index < -0.39 is 0 Å². The average Bonchev–Trinajstić information content (AvgIpc) is 2.63. The number of amides is 1. The average molecular weight is 224 g/mol. The van der Waals surface area contributed by atoms with E-state index in [-0.39, 0.29) is 6.04 Å². The molecule has 3 nitrogen and oxygen atoms in total. The van der Waals surface area contributed by atoms with E-state index in [0.717, 1.165) is 38.3 Å². The van der Waals surface area contributed by atoms with Gasteiger partial charge in [-0.25, -0.2) is 0 Å². The van der Waals surface area contributed by atoms with Crippen LogP contribution in [-0.4, -0.2) is 36.0 Å². The first kappa shape index (κ1) is 11.9. The van der Waals surface area contributed by atoms with Gasteiger partial charge in [-0.15, -0.1) is 0 Å². The van der Waals surface area contributed by atoms with Crippen molar-refractivity contribution in [3.8, 4) is 0 Å². The summed E-state index contributed by atoms with van der Waals surface area (Å²) in [5.41, 5.74) is 0. The van der Waals surface area contributed by atoms with Gasteiger partial charge >= 0.3 is 0 Å². The van der Waals surface area contributed by atoms with Crippen LogP contribution in [0.15, 0.2) is 0 Å². The maximum absolute atomic E-state index is 12.4. The standard InChI is InChI=1S/C13H24N2O/c1-9-5-7-15(11(3)8-9)13(16)12-10(2)4-6-14-12/h9-12,14H,4-8H2,1-3H3. The Balaban J connectivity index is 1.98. The summed E-state index contributed by atoms with van der Waals surface area (Å²) in [5, 5.41) is 3.34. The molecule has 2 saturated heterocycles. The minimum Gasteiger partial charge on any atom is -0.339 e. The van der Waals surface area contributed by atoms with E-state index in [4.69, 9.17) is 0 Å². The second-order valence-corrected chi connectivity index (χ2v) is 5.71. The molecule has 1 N–H and O–H groups in total. The van der Waals surface area contributed by atoms with Gasteiger partial charge in [0.15, 0.2) is 0 Å². The van der Waals surface area contributed by atoms with E-state index in [1.165, 1.54) is 0 Å². The number of hydrogen-bond acceptors (Lipinski definition) is 2. The fourth-order valence-electron chi connectivity index (χ4n) is 3.08. The lowest BCUT2D eigenvalue weighted by Gasteiger charge is -2.38. The predicted octanol–water partition coefficient (Wildman–Crippen LogP) is 1.63. The highest BCUT2D eigenvalue weighted by atomic mass is 16.2. The van der Waals surface area contributed by atoms with Crippen molar-refractivity contribution in [1.82, 2.24) is 10.2 Å². The van der Waals surface area contributed by atoms with Crippen LogP contribution >= 0.6 is 0 Å². The smallest absolute Gasteiger partial charge is 0.240 e. The van der Waals surface area contributed by atoms with Gasteiger partial charge in [0.2, 0.25) is 5.91 Å². The van der Waals surface area contributed by atoms with Crippen molar-refractivity contribution in [3.63, 3.8) is 0 Å². The summed E-state index contributed by atoms with van der Waals surface area (Å²) in [6.07, 6.45) is 3.46.